The molecule has 0 saturated carbocycles. The first-order valence-electron chi connectivity index (χ1n) is 13.3. The Morgan fingerprint density at radius 2 is 1.51 bits per heavy atom. The first-order valence-corrected chi connectivity index (χ1v) is 15.5. The largest absolute Gasteiger partial charge is 0.350 e. The first kappa shape index (κ1) is 32.4. The fraction of sp³-hybridized carbons (Fsp3) is 0.355. The number of nitrogens with one attached hydrogen (secondary N) is 1. The third-order valence-electron chi connectivity index (χ3n) is 6.34. The normalized spacial score (nSPS) is 12.5. The number of hydrogen-bond donors (Lipinski definition) is 1. The van der Waals surface area contributed by atoms with Crippen molar-refractivity contribution in [2.24, 2.45) is 0 Å². The summed E-state index contributed by atoms with van der Waals surface area (Å²) in [6, 6.07) is 17.5. The second kappa shape index (κ2) is 13.3. The van der Waals surface area contributed by atoms with Crippen molar-refractivity contribution in [3.63, 3.8) is 0 Å². The number of sulfonamides is 1. The van der Waals surface area contributed by atoms with Crippen LogP contribution in [0.1, 0.15) is 50.8 Å². The van der Waals surface area contributed by atoms with Crippen LogP contribution < -0.4 is 9.62 Å². The molecule has 3 aromatic carbocycles. The Kier molecular flexibility index (Phi) is 10.5. The molecule has 0 aliphatic carbocycles. The summed E-state index contributed by atoms with van der Waals surface area (Å²) in [7, 11) is -4.23. The number of amides is 2. The summed E-state index contributed by atoms with van der Waals surface area (Å²) in [6.07, 6.45) is 0.327. The highest BCUT2D eigenvalue weighted by Crippen LogP contribution is 2.30. The van der Waals surface area contributed by atoms with E-state index in [-0.39, 0.29) is 33.1 Å². The minimum Gasteiger partial charge on any atom is -0.350 e. The van der Waals surface area contributed by atoms with Crippen LogP contribution in [0.3, 0.4) is 0 Å². The summed E-state index contributed by atoms with van der Waals surface area (Å²) >= 11 is 12.5. The molecule has 0 aliphatic rings. The van der Waals surface area contributed by atoms with Gasteiger partial charge in [-0.3, -0.25) is 13.9 Å². The van der Waals surface area contributed by atoms with Crippen molar-refractivity contribution in [3.05, 3.63) is 93.5 Å². The number of carbonyl (C=O) groups is 2. The van der Waals surface area contributed by atoms with Gasteiger partial charge in [0.1, 0.15) is 12.6 Å². The van der Waals surface area contributed by atoms with E-state index in [4.69, 9.17) is 23.2 Å². The van der Waals surface area contributed by atoms with E-state index >= 15 is 0 Å². The van der Waals surface area contributed by atoms with Gasteiger partial charge in [-0.15, -0.1) is 0 Å². The molecule has 0 aliphatic heterocycles. The van der Waals surface area contributed by atoms with Gasteiger partial charge in [0.15, 0.2) is 0 Å². The second-order valence-electron chi connectivity index (χ2n) is 11.1. The number of hydrogen-bond acceptors (Lipinski definition) is 4. The minimum atomic E-state index is -4.23. The van der Waals surface area contributed by atoms with Gasteiger partial charge >= 0.3 is 0 Å². The molecule has 0 heterocycles. The van der Waals surface area contributed by atoms with Gasteiger partial charge in [0.25, 0.3) is 10.0 Å². The summed E-state index contributed by atoms with van der Waals surface area (Å²) in [5, 5.41) is 3.40. The molecular weight excluding hydrogens is 581 g/mol. The van der Waals surface area contributed by atoms with Gasteiger partial charge < -0.3 is 10.2 Å². The molecule has 0 radical (unpaired) electrons. The maximum Gasteiger partial charge on any atom is 0.264 e. The maximum atomic E-state index is 14.2. The lowest BCUT2D eigenvalue weighted by Gasteiger charge is -2.35. The zero-order chi connectivity index (χ0) is 30.5. The number of aryl methyl sites for hydroxylation is 2. The van der Waals surface area contributed by atoms with E-state index in [0.29, 0.717) is 6.42 Å². The summed E-state index contributed by atoms with van der Waals surface area (Å²) in [5.74, 6) is -0.867. The molecule has 0 aromatic heterocycles. The summed E-state index contributed by atoms with van der Waals surface area (Å²) < 4.78 is 29.0. The van der Waals surface area contributed by atoms with Crippen LogP contribution in [0, 0.1) is 13.8 Å². The zero-order valence-corrected chi connectivity index (χ0v) is 26.6. The molecule has 1 atom stereocenters. The molecule has 0 unspecified atom stereocenters. The van der Waals surface area contributed by atoms with E-state index in [9.17, 15) is 18.0 Å². The summed E-state index contributed by atoms with van der Waals surface area (Å²) in [6.45, 7) is 10.8. The number of carbonyl (C=O) groups excluding carboxylic acids is 2. The van der Waals surface area contributed by atoms with Gasteiger partial charge in [-0.25, -0.2) is 8.42 Å². The molecule has 220 valence electrons. The van der Waals surface area contributed by atoms with Crippen molar-refractivity contribution < 1.29 is 18.0 Å². The Bertz CT molecular complexity index is 1480. The van der Waals surface area contributed by atoms with E-state index in [1.54, 1.807) is 12.1 Å². The fourth-order valence-electron chi connectivity index (χ4n) is 4.43. The average molecular weight is 619 g/mol. The third-order valence-corrected chi connectivity index (χ3v) is 8.57. The molecule has 10 heteroatoms. The van der Waals surface area contributed by atoms with Crippen LogP contribution in [0.25, 0.3) is 0 Å². The van der Waals surface area contributed by atoms with Crippen LogP contribution in [-0.4, -0.2) is 43.3 Å². The van der Waals surface area contributed by atoms with Gasteiger partial charge in [0.2, 0.25) is 11.8 Å². The van der Waals surface area contributed by atoms with Crippen molar-refractivity contribution in [1.82, 2.24) is 10.2 Å². The van der Waals surface area contributed by atoms with Crippen molar-refractivity contribution >= 4 is 50.7 Å². The van der Waals surface area contributed by atoms with E-state index in [2.05, 4.69) is 5.32 Å². The first-order chi connectivity index (χ1) is 19.1. The maximum absolute atomic E-state index is 14.2. The molecule has 0 spiro atoms. The van der Waals surface area contributed by atoms with Crippen LogP contribution in [0.4, 0.5) is 5.69 Å². The van der Waals surface area contributed by atoms with Gasteiger partial charge in [-0.2, -0.15) is 0 Å². The zero-order valence-electron chi connectivity index (χ0n) is 24.2. The highest BCUT2D eigenvalue weighted by Gasteiger charge is 2.34. The topological polar surface area (TPSA) is 86.8 Å². The molecule has 0 bridgehead atoms. The fourth-order valence-corrected chi connectivity index (χ4v) is 6.34. The highest BCUT2D eigenvalue weighted by atomic mass is 35.5. The van der Waals surface area contributed by atoms with Crippen molar-refractivity contribution in [2.45, 2.75) is 71.0 Å². The van der Waals surface area contributed by atoms with E-state index in [1.165, 1.54) is 35.2 Å². The third kappa shape index (κ3) is 8.71. The lowest BCUT2D eigenvalue weighted by molar-refractivity contribution is -0.141. The minimum absolute atomic E-state index is 0.00903. The Balaban J connectivity index is 2.11. The van der Waals surface area contributed by atoms with Crippen molar-refractivity contribution in [2.75, 3.05) is 10.8 Å². The molecule has 41 heavy (non-hydrogen) atoms. The van der Waals surface area contributed by atoms with E-state index < -0.39 is 34.1 Å². The average Bonchev–Trinajstić information content (AvgIpc) is 2.85. The predicted octanol–water partition coefficient (Wildman–Crippen LogP) is 6.53. The smallest absolute Gasteiger partial charge is 0.264 e. The second-order valence-corrected chi connectivity index (χ2v) is 13.9. The molecule has 3 rings (SSSR count). The molecule has 7 nitrogen and oxygen atoms in total. The highest BCUT2D eigenvalue weighted by molar-refractivity contribution is 7.92. The lowest BCUT2D eigenvalue weighted by Crippen LogP contribution is -2.55. The van der Waals surface area contributed by atoms with Gasteiger partial charge in [-0.1, -0.05) is 77.7 Å². The Labute approximate surface area is 253 Å². The predicted molar refractivity (Wildman–Crippen MR) is 166 cm³/mol. The molecule has 3 aromatic rings. The molecule has 0 fully saturated rings. The number of halogens is 2. The van der Waals surface area contributed by atoms with Crippen molar-refractivity contribution in [1.29, 1.82) is 0 Å². The molecular formula is C31H37Cl2N3O4S. The summed E-state index contributed by atoms with van der Waals surface area (Å²) in [5.41, 5.74) is 2.32. The Hall–Kier alpha value is -3.07. The van der Waals surface area contributed by atoms with Crippen LogP contribution in [0.2, 0.25) is 10.0 Å². The number of benzene rings is 3. The number of rotatable bonds is 10. The van der Waals surface area contributed by atoms with Gasteiger partial charge in [0, 0.05) is 22.1 Å². The van der Waals surface area contributed by atoms with E-state index in [0.717, 1.165) is 21.0 Å². The van der Waals surface area contributed by atoms with Gasteiger partial charge in [-0.05, 0) is 76.9 Å². The Morgan fingerprint density at radius 3 is 2.05 bits per heavy atom. The van der Waals surface area contributed by atoms with Crippen LogP contribution in [0.5, 0.6) is 0 Å². The van der Waals surface area contributed by atoms with Crippen LogP contribution >= 0.6 is 23.2 Å². The summed E-state index contributed by atoms with van der Waals surface area (Å²) in [4.78, 5) is 29.0. The Morgan fingerprint density at radius 1 is 0.902 bits per heavy atom. The molecule has 0 saturated heterocycles. The number of nitrogens with zero attached hydrogens (tertiary/aromatic N) is 2. The van der Waals surface area contributed by atoms with Gasteiger partial charge in [0.05, 0.1) is 10.6 Å². The quantitative estimate of drug-likeness (QED) is 0.280. The van der Waals surface area contributed by atoms with Crippen LogP contribution in [-0.2, 0) is 26.2 Å². The van der Waals surface area contributed by atoms with Crippen LogP contribution in [0.15, 0.2) is 71.6 Å². The van der Waals surface area contributed by atoms with E-state index in [1.807, 2.05) is 65.8 Å². The van der Waals surface area contributed by atoms with Crippen molar-refractivity contribution in [3.8, 4) is 0 Å². The number of anilines is 1. The monoisotopic (exact) mass is 617 g/mol. The SMILES string of the molecule is CC[C@@H](C(=O)NC(C)(C)C)N(Cc1cccc(C)c1)C(=O)CN(c1cc(Cl)cc(Cl)c1)S(=O)(=O)c1ccc(C)cc1. The molecule has 2 amide bonds. The lowest BCUT2D eigenvalue weighted by atomic mass is 10.0. The standard InChI is InChI=1S/C31H37Cl2N3O4S/c1-7-28(30(38)34-31(4,5)6)35(19-23-10-8-9-22(3)15-23)29(37)20-36(26-17-24(32)16-25(33)18-26)41(39,40)27-13-11-21(2)12-14-27/h8-18,28H,7,19-20H2,1-6H3,(H,34,38)/t28-/m0/s1. The molecule has 1 N–H and O–H groups in total.